The van der Waals surface area contributed by atoms with Crippen LogP contribution in [0.2, 0.25) is 5.02 Å². The molecule has 2 aromatic heterocycles. The maximum Gasteiger partial charge on any atom is 0.174 e. The Labute approximate surface area is 98.3 Å². The van der Waals surface area contributed by atoms with Gasteiger partial charge in [0.2, 0.25) is 0 Å². The van der Waals surface area contributed by atoms with Gasteiger partial charge in [0.25, 0.3) is 0 Å². The van der Waals surface area contributed by atoms with E-state index < -0.39 is 0 Å². The standard InChI is InChI=1S/C10H12ClN5/c1-6(2)9-8(11)10(12)16(15-9)7-5-13-3-4-14-7/h3-6H,12H2,1-2H3. The van der Waals surface area contributed by atoms with E-state index in [1.807, 2.05) is 13.8 Å². The summed E-state index contributed by atoms with van der Waals surface area (Å²) in [6.07, 6.45) is 4.76. The summed E-state index contributed by atoms with van der Waals surface area (Å²) in [4.78, 5) is 8.09. The second-order valence-corrected chi connectivity index (χ2v) is 4.09. The number of nitrogens with zero attached hydrogens (tertiary/aromatic N) is 4. The molecular formula is C10H12ClN5. The largest absolute Gasteiger partial charge is 0.382 e. The van der Waals surface area contributed by atoms with Crippen LogP contribution in [-0.4, -0.2) is 19.7 Å². The highest BCUT2D eigenvalue weighted by Crippen LogP contribution is 2.29. The number of hydrogen-bond acceptors (Lipinski definition) is 4. The lowest BCUT2D eigenvalue weighted by Gasteiger charge is -2.00. The summed E-state index contributed by atoms with van der Waals surface area (Å²) in [5.74, 6) is 1.17. The highest BCUT2D eigenvalue weighted by Gasteiger charge is 2.17. The number of aromatic nitrogens is 4. The van der Waals surface area contributed by atoms with Gasteiger partial charge in [0.15, 0.2) is 5.82 Å². The zero-order valence-electron chi connectivity index (χ0n) is 9.05. The van der Waals surface area contributed by atoms with Gasteiger partial charge in [-0.1, -0.05) is 25.4 Å². The fourth-order valence-electron chi connectivity index (χ4n) is 1.37. The SMILES string of the molecule is CC(C)c1nn(-c2cnccn2)c(N)c1Cl. The van der Waals surface area contributed by atoms with E-state index in [1.54, 1.807) is 18.6 Å². The number of halogens is 1. The van der Waals surface area contributed by atoms with Gasteiger partial charge >= 0.3 is 0 Å². The third-order valence-electron chi connectivity index (χ3n) is 2.20. The Balaban J connectivity index is 2.55. The third-order valence-corrected chi connectivity index (χ3v) is 2.59. The molecule has 0 fully saturated rings. The molecule has 16 heavy (non-hydrogen) atoms. The minimum absolute atomic E-state index is 0.215. The van der Waals surface area contributed by atoms with E-state index in [0.717, 1.165) is 5.69 Å². The Hall–Kier alpha value is -1.62. The van der Waals surface area contributed by atoms with Gasteiger partial charge in [-0.2, -0.15) is 9.78 Å². The molecule has 0 aliphatic carbocycles. The summed E-state index contributed by atoms with van der Waals surface area (Å²) in [5, 5.41) is 4.82. The summed E-state index contributed by atoms with van der Waals surface area (Å²) in [6, 6.07) is 0. The van der Waals surface area contributed by atoms with Crippen LogP contribution < -0.4 is 5.73 Å². The molecule has 0 aliphatic heterocycles. The number of rotatable bonds is 2. The molecule has 0 aliphatic rings. The van der Waals surface area contributed by atoms with E-state index in [9.17, 15) is 0 Å². The summed E-state index contributed by atoms with van der Waals surface area (Å²) < 4.78 is 1.50. The molecule has 6 heteroatoms. The summed E-state index contributed by atoms with van der Waals surface area (Å²) in [5.41, 5.74) is 6.64. The van der Waals surface area contributed by atoms with Crippen LogP contribution >= 0.6 is 11.6 Å². The third kappa shape index (κ3) is 1.74. The second kappa shape index (κ2) is 4.09. The van der Waals surface area contributed by atoms with Gasteiger partial charge in [0.05, 0.1) is 11.9 Å². The van der Waals surface area contributed by atoms with Crippen molar-refractivity contribution < 1.29 is 0 Å². The quantitative estimate of drug-likeness (QED) is 0.868. The van der Waals surface area contributed by atoms with Crippen LogP contribution in [-0.2, 0) is 0 Å². The lowest BCUT2D eigenvalue weighted by atomic mass is 10.1. The van der Waals surface area contributed by atoms with Gasteiger partial charge in [-0.25, -0.2) is 4.98 Å². The fourth-order valence-corrected chi connectivity index (χ4v) is 1.71. The molecule has 2 aromatic rings. The molecule has 2 heterocycles. The predicted molar refractivity (Wildman–Crippen MR) is 62.7 cm³/mol. The minimum Gasteiger partial charge on any atom is -0.382 e. The normalized spacial score (nSPS) is 11.0. The minimum atomic E-state index is 0.215. The van der Waals surface area contributed by atoms with Crippen molar-refractivity contribution in [3.05, 3.63) is 29.3 Å². The van der Waals surface area contributed by atoms with Crippen LogP contribution in [0.5, 0.6) is 0 Å². The highest BCUT2D eigenvalue weighted by atomic mass is 35.5. The van der Waals surface area contributed by atoms with Crippen molar-refractivity contribution in [3.63, 3.8) is 0 Å². The molecule has 2 rings (SSSR count). The summed E-state index contributed by atoms with van der Waals surface area (Å²) in [7, 11) is 0. The number of nitrogen functional groups attached to an aromatic ring is 1. The Morgan fingerprint density at radius 3 is 2.62 bits per heavy atom. The lowest BCUT2D eigenvalue weighted by molar-refractivity contribution is 0.758. The van der Waals surface area contributed by atoms with E-state index in [-0.39, 0.29) is 5.92 Å². The van der Waals surface area contributed by atoms with Gasteiger partial charge in [0.1, 0.15) is 10.8 Å². The molecule has 5 nitrogen and oxygen atoms in total. The van der Waals surface area contributed by atoms with Crippen LogP contribution in [0.4, 0.5) is 5.82 Å². The first-order valence-electron chi connectivity index (χ1n) is 4.91. The van der Waals surface area contributed by atoms with Crippen LogP contribution in [0.25, 0.3) is 5.82 Å². The average Bonchev–Trinajstić information content (AvgIpc) is 2.58. The van der Waals surface area contributed by atoms with Crippen LogP contribution in [0.3, 0.4) is 0 Å². The lowest BCUT2D eigenvalue weighted by Crippen LogP contribution is -2.04. The number of hydrogen-bond donors (Lipinski definition) is 1. The molecule has 0 saturated carbocycles. The molecule has 0 unspecified atom stereocenters. The zero-order valence-corrected chi connectivity index (χ0v) is 9.81. The smallest absolute Gasteiger partial charge is 0.174 e. The van der Waals surface area contributed by atoms with Crippen LogP contribution in [0.15, 0.2) is 18.6 Å². The molecule has 2 N–H and O–H groups in total. The average molecular weight is 238 g/mol. The first kappa shape index (κ1) is 10.9. The van der Waals surface area contributed by atoms with E-state index in [1.165, 1.54) is 4.68 Å². The van der Waals surface area contributed by atoms with Gasteiger partial charge in [0, 0.05) is 12.4 Å². The first-order valence-corrected chi connectivity index (χ1v) is 5.29. The molecule has 0 atom stereocenters. The van der Waals surface area contributed by atoms with E-state index in [4.69, 9.17) is 17.3 Å². The maximum absolute atomic E-state index is 6.10. The van der Waals surface area contributed by atoms with Gasteiger partial charge in [-0.05, 0) is 5.92 Å². The fraction of sp³-hybridized carbons (Fsp3) is 0.300. The van der Waals surface area contributed by atoms with Crippen LogP contribution in [0.1, 0.15) is 25.5 Å². The Bertz CT molecular complexity index is 491. The van der Waals surface area contributed by atoms with Crippen molar-refractivity contribution in [1.82, 2.24) is 19.7 Å². The Morgan fingerprint density at radius 2 is 2.12 bits per heavy atom. The molecule has 0 amide bonds. The molecule has 0 radical (unpaired) electrons. The monoisotopic (exact) mass is 237 g/mol. The molecule has 0 spiro atoms. The molecule has 84 valence electrons. The number of anilines is 1. The second-order valence-electron chi connectivity index (χ2n) is 3.71. The molecule has 0 aromatic carbocycles. The Morgan fingerprint density at radius 1 is 1.38 bits per heavy atom. The molecule has 0 saturated heterocycles. The van der Waals surface area contributed by atoms with Crippen LogP contribution in [0, 0.1) is 0 Å². The maximum atomic E-state index is 6.10. The predicted octanol–water partition coefficient (Wildman–Crippen LogP) is 2.02. The topological polar surface area (TPSA) is 69.6 Å². The van der Waals surface area contributed by atoms with Gasteiger partial charge in [-0.3, -0.25) is 4.98 Å². The summed E-state index contributed by atoms with van der Waals surface area (Å²) >= 11 is 6.10. The van der Waals surface area contributed by atoms with E-state index in [2.05, 4.69) is 15.1 Å². The Kier molecular flexibility index (Phi) is 2.78. The molecular weight excluding hydrogens is 226 g/mol. The van der Waals surface area contributed by atoms with Crippen molar-refractivity contribution in [2.75, 3.05) is 5.73 Å². The van der Waals surface area contributed by atoms with Gasteiger partial charge in [-0.15, -0.1) is 0 Å². The van der Waals surface area contributed by atoms with Crippen molar-refractivity contribution in [2.24, 2.45) is 0 Å². The van der Waals surface area contributed by atoms with Crippen molar-refractivity contribution in [2.45, 2.75) is 19.8 Å². The van der Waals surface area contributed by atoms with E-state index in [0.29, 0.717) is 16.7 Å². The number of nitrogens with two attached hydrogens (primary N) is 1. The zero-order chi connectivity index (χ0) is 11.7. The van der Waals surface area contributed by atoms with Crippen molar-refractivity contribution in [3.8, 4) is 5.82 Å². The molecule has 0 bridgehead atoms. The summed E-state index contributed by atoms with van der Waals surface area (Å²) in [6.45, 7) is 4.02. The van der Waals surface area contributed by atoms with E-state index >= 15 is 0 Å². The van der Waals surface area contributed by atoms with Gasteiger partial charge < -0.3 is 5.73 Å². The first-order chi connectivity index (χ1) is 7.61. The van der Waals surface area contributed by atoms with Crippen molar-refractivity contribution in [1.29, 1.82) is 0 Å². The highest BCUT2D eigenvalue weighted by molar-refractivity contribution is 6.33. The van der Waals surface area contributed by atoms with Crippen molar-refractivity contribution >= 4 is 17.4 Å².